The van der Waals surface area contributed by atoms with Gasteiger partial charge >= 0.3 is 0 Å². The Morgan fingerprint density at radius 1 is 1.03 bits per heavy atom. The second kappa shape index (κ2) is 10.4. The minimum absolute atomic E-state index is 0.0296. The van der Waals surface area contributed by atoms with E-state index in [1.54, 1.807) is 43.5 Å². The maximum absolute atomic E-state index is 13.8. The lowest BCUT2D eigenvalue weighted by molar-refractivity contribution is -0.130. The van der Waals surface area contributed by atoms with E-state index in [-0.39, 0.29) is 24.0 Å². The number of methoxy groups -OCH3 is 1. The first-order valence-electron chi connectivity index (χ1n) is 12.1. The van der Waals surface area contributed by atoms with Gasteiger partial charge in [0.2, 0.25) is 5.78 Å². The number of fused-ring (bicyclic) bond motifs is 1. The van der Waals surface area contributed by atoms with Gasteiger partial charge in [0, 0.05) is 16.4 Å². The van der Waals surface area contributed by atoms with Crippen LogP contribution in [0.5, 0.6) is 11.5 Å². The lowest BCUT2D eigenvalue weighted by Gasteiger charge is -2.27. The molecule has 194 valence electrons. The maximum atomic E-state index is 13.8. The van der Waals surface area contributed by atoms with Crippen LogP contribution in [0.1, 0.15) is 41.6 Å². The highest BCUT2D eigenvalue weighted by molar-refractivity contribution is 9.10. The van der Waals surface area contributed by atoms with E-state index < -0.39 is 23.5 Å². The van der Waals surface area contributed by atoms with E-state index in [4.69, 9.17) is 13.9 Å². The van der Waals surface area contributed by atoms with Crippen LogP contribution in [-0.2, 0) is 11.3 Å². The number of Topliss-reactive ketones (excluding diaryl/α,β-unsaturated/α-hetero) is 1. The van der Waals surface area contributed by atoms with E-state index in [2.05, 4.69) is 15.9 Å². The van der Waals surface area contributed by atoms with E-state index in [1.807, 2.05) is 50.2 Å². The fraction of sp³-hybridized carbons (Fsp3) is 0.200. The quantitative estimate of drug-likeness (QED) is 0.233. The van der Waals surface area contributed by atoms with Gasteiger partial charge in [0.25, 0.3) is 5.91 Å². The number of carbonyl (C=O) groups is 2. The van der Waals surface area contributed by atoms with Crippen molar-refractivity contribution in [1.82, 2.24) is 4.90 Å². The van der Waals surface area contributed by atoms with Crippen LogP contribution >= 0.6 is 15.9 Å². The molecule has 1 aliphatic rings. The second-order valence-electron chi connectivity index (χ2n) is 9.30. The third-order valence-electron chi connectivity index (χ3n) is 6.33. The lowest BCUT2D eigenvalue weighted by atomic mass is 9.94. The van der Waals surface area contributed by atoms with Gasteiger partial charge in [-0.05, 0) is 73.5 Å². The molecule has 8 heteroatoms. The van der Waals surface area contributed by atoms with Crippen molar-refractivity contribution in [2.24, 2.45) is 0 Å². The Balaban J connectivity index is 1.53. The number of halogens is 1. The van der Waals surface area contributed by atoms with E-state index in [0.29, 0.717) is 16.9 Å². The van der Waals surface area contributed by atoms with Gasteiger partial charge < -0.3 is 23.9 Å². The molecule has 0 fully saturated rings. The van der Waals surface area contributed by atoms with Crippen molar-refractivity contribution >= 4 is 38.6 Å². The van der Waals surface area contributed by atoms with Crippen LogP contribution in [0.15, 0.2) is 93.0 Å². The van der Waals surface area contributed by atoms with Gasteiger partial charge in [-0.15, -0.1) is 0 Å². The molecule has 1 atom stereocenters. The summed E-state index contributed by atoms with van der Waals surface area (Å²) in [5.41, 5.74) is 1.98. The van der Waals surface area contributed by atoms with E-state index >= 15 is 0 Å². The summed E-state index contributed by atoms with van der Waals surface area (Å²) < 4.78 is 17.7. The minimum atomic E-state index is -0.826. The first kappa shape index (κ1) is 25.6. The number of aliphatic hydroxyl groups is 1. The molecule has 1 unspecified atom stereocenters. The van der Waals surface area contributed by atoms with Crippen molar-refractivity contribution in [1.29, 1.82) is 0 Å². The number of carbonyl (C=O) groups excluding carboxylic acids is 2. The molecule has 1 aliphatic heterocycles. The second-order valence-corrected chi connectivity index (χ2v) is 10.2. The van der Waals surface area contributed by atoms with Crippen LogP contribution in [0.3, 0.4) is 0 Å². The molecule has 0 bridgehead atoms. The van der Waals surface area contributed by atoms with Crippen LogP contribution in [0.2, 0.25) is 0 Å². The number of hydrogen-bond donors (Lipinski definition) is 1. The Morgan fingerprint density at radius 3 is 2.37 bits per heavy atom. The van der Waals surface area contributed by atoms with Crippen LogP contribution in [0.25, 0.3) is 11.0 Å². The summed E-state index contributed by atoms with van der Waals surface area (Å²) in [6.45, 7) is 4.07. The predicted octanol–water partition coefficient (Wildman–Crippen LogP) is 6.77. The third kappa shape index (κ3) is 4.91. The summed E-state index contributed by atoms with van der Waals surface area (Å²) >= 11 is 3.42. The zero-order valence-corrected chi connectivity index (χ0v) is 22.7. The molecule has 38 heavy (non-hydrogen) atoms. The van der Waals surface area contributed by atoms with Crippen molar-refractivity contribution in [3.63, 3.8) is 0 Å². The van der Waals surface area contributed by atoms with Crippen molar-refractivity contribution in [2.45, 2.75) is 32.5 Å². The van der Waals surface area contributed by atoms with Crippen LogP contribution in [0, 0.1) is 0 Å². The lowest BCUT2D eigenvalue weighted by Crippen LogP contribution is -2.30. The van der Waals surface area contributed by atoms with Crippen LogP contribution < -0.4 is 9.47 Å². The molecule has 1 amide bonds. The molecule has 1 aromatic heterocycles. The summed E-state index contributed by atoms with van der Waals surface area (Å²) in [7, 11) is 1.56. The molecule has 0 radical (unpaired) electrons. The first-order chi connectivity index (χ1) is 18.2. The summed E-state index contributed by atoms with van der Waals surface area (Å²) in [6, 6.07) is 20.7. The highest BCUT2D eigenvalue weighted by Gasteiger charge is 2.44. The highest BCUT2D eigenvalue weighted by atomic mass is 79.9. The zero-order chi connectivity index (χ0) is 27.0. The van der Waals surface area contributed by atoms with Gasteiger partial charge in [0.05, 0.1) is 24.8 Å². The van der Waals surface area contributed by atoms with Crippen molar-refractivity contribution in [3.8, 4) is 11.5 Å². The average molecular weight is 576 g/mol. The molecule has 2 heterocycles. The molecule has 0 spiro atoms. The smallest absolute Gasteiger partial charge is 0.290 e. The molecule has 0 aliphatic carbocycles. The monoisotopic (exact) mass is 575 g/mol. The van der Waals surface area contributed by atoms with Gasteiger partial charge in [-0.2, -0.15) is 0 Å². The van der Waals surface area contributed by atoms with Gasteiger partial charge in [-0.25, -0.2) is 0 Å². The Hall–Kier alpha value is -4.04. The molecule has 5 rings (SSSR count). The summed E-state index contributed by atoms with van der Waals surface area (Å²) in [4.78, 5) is 28.6. The molecule has 1 N–H and O–H groups in total. The Morgan fingerprint density at radius 2 is 1.71 bits per heavy atom. The van der Waals surface area contributed by atoms with Crippen molar-refractivity contribution < 1.29 is 28.6 Å². The number of amides is 1. The minimum Gasteiger partial charge on any atom is -0.503 e. The molecular formula is C30H26BrNO6. The standard InChI is InChI=1S/C30H26BrNO6/c1-17(2)37-23-9-4-18(5-10-23)16-32-27(19-6-11-22(36-3)12-7-19)26(29(34)30(32)35)28(33)25-15-20-14-21(31)8-13-24(20)38-25/h4-15,17,27,34H,16H2,1-3H3. The number of benzene rings is 3. The number of ketones is 1. The Labute approximate surface area is 228 Å². The van der Waals surface area contributed by atoms with Crippen LogP contribution in [-0.4, -0.2) is 34.9 Å². The van der Waals surface area contributed by atoms with Crippen molar-refractivity contribution in [3.05, 3.63) is 105 Å². The Kier molecular flexibility index (Phi) is 6.99. The fourth-order valence-corrected chi connectivity index (χ4v) is 4.96. The number of aliphatic hydroxyl groups excluding tert-OH is 1. The van der Waals surface area contributed by atoms with Gasteiger partial charge in [0.15, 0.2) is 11.5 Å². The summed E-state index contributed by atoms with van der Waals surface area (Å²) in [6.07, 6.45) is 0.0366. The third-order valence-corrected chi connectivity index (χ3v) is 6.82. The maximum Gasteiger partial charge on any atom is 0.290 e. The number of nitrogens with zero attached hydrogens (tertiary/aromatic N) is 1. The van der Waals surface area contributed by atoms with E-state index in [0.717, 1.165) is 21.2 Å². The summed E-state index contributed by atoms with van der Waals surface area (Å²) in [5, 5.41) is 11.7. The number of hydrogen-bond acceptors (Lipinski definition) is 6. The normalized spacial score (nSPS) is 15.6. The SMILES string of the molecule is COc1ccc(C2C(C(=O)c3cc4cc(Br)ccc4o3)=C(O)C(=O)N2Cc2ccc(OC(C)C)cc2)cc1. The molecule has 4 aromatic rings. The van der Waals surface area contributed by atoms with E-state index in [1.165, 1.54) is 4.90 Å². The van der Waals surface area contributed by atoms with E-state index in [9.17, 15) is 14.7 Å². The largest absolute Gasteiger partial charge is 0.503 e. The molecule has 7 nitrogen and oxygen atoms in total. The topological polar surface area (TPSA) is 89.2 Å². The molecule has 3 aromatic carbocycles. The molecule has 0 saturated carbocycles. The number of ether oxygens (including phenoxy) is 2. The number of rotatable bonds is 8. The van der Waals surface area contributed by atoms with Crippen molar-refractivity contribution in [2.75, 3.05) is 7.11 Å². The fourth-order valence-electron chi connectivity index (χ4n) is 4.58. The highest BCUT2D eigenvalue weighted by Crippen LogP contribution is 2.41. The zero-order valence-electron chi connectivity index (χ0n) is 21.1. The predicted molar refractivity (Wildman–Crippen MR) is 146 cm³/mol. The first-order valence-corrected chi connectivity index (χ1v) is 12.9. The summed E-state index contributed by atoms with van der Waals surface area (Å²) in [5.74, 6) is -0.367. The number of furan rings is 1. The molecular weight excluding hydrogens is 550 g/mol. The Bertz CT molecular complexity index is 1540. The van der Waals surface area contributed by atoms with Gasteiger partial charge in [-0.1, -0.05) is 40.2 Å². The van der Waals surface area contributed by atoms with Crippen LogP contribution in [0.4, 0.5) is 0 Å². The molecule has 0 saturated heterocycles. The average Bonchev–Trinajstić information content (AvgIpc) is 3.43. The van der Waals surface area contributed by atoms with Gasteiger partial charge in [0.1, 0.15) is 17.1 Å². The van der Waals surface area contributed by atoms with Gasteiger partial charge in [-0.3, -0.25) is 9.59 Å².